The maximum atomic E-state index is 9.66. The Hall–Kier alpha value is -0.686. The maximum Gasteiger partial charge on any atom is 3.00 e. The molecule has 0 aliphatic carbocycles. The van der Waals surface area contributed by atoms with Crippen LogP contribution < -0.4 is 30.6 Å². The molecule has 0 aromatic rings. The Labute approximate surface area is 225 Å². The first-order valence-corrected chi connectivity index (χ1v) is 7.57. The standard InChI is InChI=1S/3C5H8O4.2Er/c3*6-4(7)2-1-3-5(8)9;;/h3*1-3H2,(H,6,7)(H,8,9);;/q;;;2*+3/p-6. The first-order valence-electron chi connectivity index (χ1n) is 7.57. The van der Waals surface area contributed by atoms with Gasteiger partial charge in [-0.2, -0.15) is 0 Å². The van der Waals surface area contributed by atoms with Gasteiger partial charge in [-0.15, -0.1) is 0 Å². The number of carboxylic acids is 6. The molecule has 0 aliphatic rings. The van der Waals surface area contributed by atoms with E-state index in [2.05, 4.69) is 0 Å². The molecule has 174 valence electrons. The number of hydrogen-bond donors (Lipinski definition) is 0. The van der Waals surface area contributed by atoms with Crippen molar-refractivity contribution in [1.82, 2.24) is 0 Å². The van der Waals surface area contributed by atoms with Crippen molar-refractivity contribution < 1.29 is 134 Å². The number of hydrogen-bond acceptors (Lipinski definition) is 12. The third-order valence-corrected chi connectivity index (χ3v) is 2.29. The summed E-state index contributed by atoms with van der Waals surface area (Å²) in [6, 6.07) is 0. The van der Waals surface area contributed by atoms with E-state index in [4.69, 9.17) is 0 Å². The summed E-state index contributed by atoms with van der Waals surface area (Å²) < 4.78 is 0. The molecule has 0 amide bonds. The van der Waals surface area contributed by atoms with Crippen LogP contribution in [0.1, 0.15) is 57.8 Å². The van der Waals surface area contributed by atoms with Crippen LogP contribution in [0.3, 0.4) is 0 Å². The minimum atomic E-state index is -1.23. The van der Waals surface area contributed by atoms with Crippen molar-refractivity contribution in [2.24, 2.45) is 0 Å². The van der Waals surface area contributed by atoms with Crippen LogP contribution in [-0.2, 0) is 28.8 Å². The fourth-order valence-electron chi connectivity index (χ4n) is 1.13. The molecule has 14 heteroatoms. The average Bonchev–Trinajstić information content (AvgIpc) is 2.46. The van der Waals surface area contributed by atoms with E-state index in [1.807, 2.05) is 0 Å². The molecule has 0 saturated heterocycles. The van der Waals surface area contributed by atoms with Crippen molar-refractivity contribution in [2.75, 3.05) is 0 Å². The Morgan fingerprint density at radius 1 is 0.345 bits per heavy atom. The zero-order chi connectivity index (χ0) is 21.8. The molecular formula is C15H18Er2O12. The van der Waals surface area contributed by atoms with Crippen LogP contribution >= 0.6 is 0 Å². The van der Waals surface area contributed by atoms with Gasteiger partial charge in [-0.25, -0.2) is 0 Å². The van der Waals surface area contributed by atoms with Gasteiger partial charge in [0, 0.05) is 35.8 Å². The van der Waals surface area contributed by atoms with Gasteiger partial charge in [0.05, 0.1) is 0 Å². The van der Waals surface area contributed by atoms with Crippen LogP contribution in [-0.4, -0.2) is 35.8 Å². The van der Waals surface area contributed by atoms with Gasteiger partial charge in [0.25, 0.3) is 0 Å². The second-order valence-electron chi connectivity index (χ2n) is 4.79. The minimum absolute atomic E-state index is 0. The second kappa shape index (κ2) is 27.3. The van der Waals surface area contributed by atoms with Gasteiger partial charge in [-0.1, -0.05) is 0 Å². The molecule has 0 fully saturated rings. The van der Waals surface area contributed by atoms with Crippen molar-refractivity contribution in [3.63, 3.8) is 0 Å². The Bertz CT molecular complexity index is 394. The number of carbonyl (C=O) groups is 6. The van der Waals surface area contributed by atoms with Gasteiger partial charge < -0.3 is 59.4 Å². The number of rotatable bonds is 12. The predicted molar refractivity (Wildman–Crippen MR) is 71.6 cm³/mol. The summed E-state index contributed by atoms with van der Waals surface area (Å²) in [6.07, 6.45) is -1.02. The molecule has 0 atom stereocenters. The topological polar surface area (TPSA) is 241 Å². The number of carboxylic acid groups (broad SMARTS) is 6. The second-order valence-corrected chi connectivity index (χ2v) is 4.79. The maximum absolute atomic E-state index is 9.66. The molecule has 0 unspecified atom stereocenters. The van der Waals surface area contributed by atoms with Crippen molar-refractivity contribution in [3.8, 4) is 0 Å². The quantitative estimate of drug-likeness (QED) is 0.182. The van der Waals surface area contributed by atoms with Gasteiger partial charge >= 0.3 is 74.6 Å². The molecular weight excluding hydrogens is 707 g/mol. The van der Waals surface area contributed by atoms with Gasteiger partial charge in [0.15, 0.2) is 0 Å². The summed E-state index contributed by atoms with van der Waals surface area (Å²) in [7, 11) is 0. The van der Waals surface area contributed by atoms with Crippen molar-refractivity contribution >= 4 is 35.8 Å². The minimum Gasteiger partial charge on any atom is -0.550 e. The van der Waals surface area contributed by atoms with Crippen molar-refractivity contribution in [2.45, 2.75) is 57.8 Å². The van der Waals surface area contributed by atoms with E-state index in [0.29, 0.717) is 0 Å². The summed E-state index contributed by atoms with van der Waals surface area (Å²) >= 11 is 0. The van der Waals surface area contributed by atoms with Crippen LogP contribution in [0.15, 0.2) is 0 Å². The summed E-state index contributed by atoms with van der Waals surface area (Å²) in [5.74, 6) is -7.35. The van der Waals surface area contributed by atoms with Gasteiger partial charge in [-0.05, 0) is 57.8 Å². The van der Waals surface area contributed by atoms with E-state index in [9.17, 15) is 59.4 Å². The van der Waals surface area contributed by atoms with Crippen molar-refractivity contribution in [3.05, 3.63) is 0 Å². The predicted octanol–water partition coefficient (Wildman–Crippen LogP) is -7.03. The molecule has 0 aromatic heterocycles. The van der Waals surface area contributed by atoms with Crippen LogP contribution in [0.25, 0.3) is 0 Å². The molecule has 29 heavy (non-hydrogen) atoms. The summed E-state index contributed by atoms with van der Waals surface area (Å²) in [4.78, 5) is 57.9. The zero-order valence-electron chi connectivity index (χ0n) is 14.8. The summed E-state index contributed by atoms with van der Waals surface area (Å²) in [6.45, 7) is 0. The van der Waals surface area contributed by atoms with Gasteiger partial charge in [-0.3, -0.25) is 0 Å². The molecule has 0 N–H and O–H groups in total. The zero-order valence-corrected chi connectivity index (χ0v) is 18.5. The molecule has 2 radical (unpaired) electrons. The SMILES string of the molecule is O=C([O-])CCCC(=O)[O-].O=C([O-])CCCC(=O)[O-].O=C([O-])CCCC(=O)[O-].[Er+3].[Er+3]. The van der Waals surface area contributed by atoms with E-state index in [1.165, 1.54) is 0 Å². The molecule has 0 spiro atoms. The van der Waals surface area contributed by atoms with Crippen LogP contribution in [0, 0.1) is 74.6 Å². The first kappa shape index (κ1) is 38.9. The monoisotopic (exact) mass is 722 g/mol. The third-order valence-electron chi connectivity index (χ3n) is 2.29. The van der Waals surface area contributed by atoms with E-state index >= 15 is 0 Å². The smallest absolute Gasteiger partial charge is 0.550 e. The summed E-state index contributed by atoms with van der Waals surface area (Å²) in [5, 5.41) is 57.9. The fraction of sp³-hybridized carbons (Fsp3) is 0.600. The van der Waals surface area contributed by atoms with E-state index in [-0.39, 0.29) is 132 Å². The van der Waals surface area contributed by atoms with E-state index < -0.39 is 35.8 Å². The summed E-state index contributed by atoms with van der Waals surface area (Å²) in [5.41, 5.74) is 0. The molecule has 0 aliphatic heterocycles. The van der Waals surface area contributed by atoms with Crippen LogP contribution in [0.5, 0.6) is 0 Å². The Balaban J connectivity index is -0.0000000960. The molecule has 12 nitrogen and oxygen atoms in total. The normalized spacial score (nSPS) is 8.28. The number of carbonyl (C=O) groups excluding carboxylic acids is 6. The third kappa shape index (κ3) is 58.4. The van der Waals surface area contributed by atoms with Crippen LogP contribution in [0.4, 0.5) is 0 Å². The first-order chi connectivity index (χ1) is 12.4. The molecule has 0 rings (SSSR count). The number of aliphatic carboxylic acids is 6. The molecule has 0 aromatic carbocycles. The Kier molecular flexibility index (Phi) is 36.6. The largest absolute Gasteiger partial charge is 3.00 e. The molecule has 0 saturated carbocycles. The average molecular weight is 725 g/mol. The van der Waals surface area contributed by atoms with Crippen LogP contribution in [0.2, 0.25) is 0 Å². The van der Waals surface area contributed by atoms with Crippen molar-refractivity contribution in [1.29, 1.82) is 0 Å². The Morgan fingerprint density at radius 2 is 0.448 bits per heavy atom. The molecule has 0 heterocycles. The van der Waals surface area contributed by atoms with Gasteiger partial charge in [0.1, 0.15) is 0 Å². The van der Waals surface area contributed by atoms with E-state index in [1.54, 1.807) is 0 Å². The molecule has 0 bridgehead atoms. The van der Waals surface area contributed by atoms with E-state index in [0.717, 1.165) is 0 Å². The van der Waals surface area contributed by atoms with Gasteiger partial charge in [0.2, 0.25) is 0 Å². The Morgan fingerprint density at radius 3 is 0.517 bits per heavy atom. The fourth-order valence-corrected chi connectivity index (χ4v) is 1.13.